The van der Waals surface area contributed by atoms with Crippen LogP contribution >= 0.6 is 0 Å². The second-order valence-corrected chi connectivity index (χ2v) is 14.4. The van der Waals surface area contributed by atoms with Crippen LogP contribution in [-0.2, 0) is 10.8 Å². The van der Waals surface area contributed by atoms with Gasteiger partial charge in [-0.15, -0.1) is 0 Å². The van der Waals surface area contributed by atoms with Crippen LogP contribution in [0.1, 0.15) is 89.0 Å². The fourth-order valence-electron chi connectivity index (χ4n) is 5.70. The van der Waals surface area contributed by atoms with E-state index in [1.807, 2.05) is 25.1 Å². The minimum absolute atomic E-state index is 0.0861. The summed E-state index contributed by atoms with van der Waals surface area (Å²) >= 11 is 0. The maximum absolute atomic E-state index is 5.35. The summed E-state index contributed by atoms with van der Waals surface area (Å²) in [4.78, 5) is 15.4. The van der Waals surface area contributed by atoms with Gasteiger partial charge in [0.25, 0.3) is 0 Å². The molecule has 3 nitrogen and oxygen atoms in total. The highest BCUT2D eigenvalue weighted by Crippen LogP contribution is 2.41. The molecule has 0 radical (unpaired) electrons. The molecule has 0 spiro atoms. The number of nitrogens with zero attached hydrogens (tertiary/aromatic N) is 3. The SMILES string of the molecule is C/C(=N\c1c(C)cccc1C)c1cccc(/C(C)=N/c2c(-c3ccc(C(C)(C)C)cc3)cccc2-c2ccc(C(C)(C)C)cc2)n1. The Labute approximate surface area is 276 Å². The number of benzene rings is 4. The average Bonchev–Trinajstić information content (AvgIpc) is 3.02. The lowest BCUT2D eigenvalue weighted by atomic mass is 9.85. The maximum atomic E-state index is 5.35. The van der Waals surface area contributed by atoms with Gasteiger partial charge in [0.2, 0.25) is 0 Å². The lowest BCUT2D eigenvalue weighted by molar-refractivity contribution is 0.590. The van der Waals surface area contributed by atoms with Gasteiger partial charge in [-0.1, -0.05) is 133 Å². The van der Waals surface area contributed by atoms with Gasteiger partial charge in [-0.25, -0.2) is 4.98 Å². The van der Waals surface area contributed by atoms with Crippen LogP contribution in [0.5, 0.6) is 0 Å². The summed E-state index contributed by atoms with van der Waals surface area (Å²) < 4.78 is 0. The Kier molecular flexibility index (Phi) is 9.26. The van der Waals surface area contributed by atoms with E-state index in [2.05, 4.69) is 147 Å². The Bertz CT molecular complexity index is 1810. The fraction of sp³-hybridized carbons (Fsp3) is 0.279. The molecule has 0 fully saturated rings. The molecule has 0 atom stereocenters. The van der Waals surface area contributed by atoms with E-state index in [-0.39, 0.29) is 10.8 Å². The smallest absolute Gasteiger partial charge is 0.0849 e. The number of aliphatic imine (C=N–C) groups is 2. The molecule has 0 aliphatic rings. The Morgan fingerprint density at radius 3 is 1.26 bits per heavy atom. The summed E-state index contributed by atoms with van der Waals surface area (Å²) in [7, 11) is 0. The molecule has 0 N–H and O–H groups in total. The van der Waals surface area contributed by atoms with E-state index in [1.165, 1.54) is 11.1 Å². The van der Waals surface area contributed by atoms with Gasteiger partial charge in [0.15, 0.2) is 0 Å². The number of para-hydroxylation sites is 2. The van der Waals surface area contributed by atoms with Gasteiger partial charge in [0.1, 0.15) is 0 Å². The van der Waals surface area contributed by atoms with Crippen molar-refractivity contribution in [3.05, 3.63) is 137 Å². The van der Waals surface area contributed by atoms with Gasteiger partial charge in [0, 0.05) is 11.1 Å². The van der Waals surface area contributed by atoms with E-state index in [9.17, 15) is 0 Å². The Balaban J connectivity index is 1.62. The van der Waals surface area contributed by atoms with Gasteiger partial charge in [-0.05, 0) is 84.0 Å². The largest absolute Gasteiger partial charge is 0.251 e. The molecule has 0 amide bonds. The van der Waals surface area contributed by atoms with Crippen molar-refractivity contribution in [3.63, 3.8) is 0 Å². The van der Waals surface area contributed by atoms with Crippen LogP contribution in [0.4, 0.5) is 11.4 Å². The molecule has 5 rings (SSSR count). The highest BCUT2D eigenvalue weighted by molar-refractivity contribution is 6.04. The second-order valence-electron chi connectivity index (χ2n) is 14.4. The zero-order valence-electron chi connectivity index (χ0n) is 29.2. The van der Waals surface area contributed by atoms with E-state index in [0.29, 0.717) is 0 Å². The van der Waals surface area contributed by atoms with Crippen molar-refractivity contribution in [2.75, 3.05) is 0 Å². The monoisotopic (exact) mass is 605 g/mol. The van der Waals surface area contributed by atoms with Gasteiger partial charge >= 0.3 is 0 Å². The zero-order valence-corrected chi connectivity index (χ0v) is 29.2. The Morgan fingerprint density at radius 1 is 0.478 bits per heavy atom. The van der Waals surface area contributed by atoms with Crippen LogP contribution < -0.4 is 0 Å². The molecule has 0 bridgehead atoms. The van der Waals surface area contributed by atoms with Crippen molar-refractivity contribution < 1.29 is 0 Å². The van der Waals surface area contributed by atoms with E-state index in [4.69, 9.17) is 15.0 Å². The van der Waals surface area contributed by atoms with E-state index in [0.717, 1.165) is 67.6 Å². The first-order valence-corrected chi connectivity index (χ1v) is 16.2. The van der Waals surface area contributed by atoms with Gasteiger partial charge < -0.3 is 0 Å². The number of pyridine rings is 1. The number of hydrogen-bond acceptors (Lipinski definition) is 3. The molecule has 4 aromatic carbocycles. The normalized spacial score (nSPS) is 12.8. The number of aromatic nitrogens is 1. The maximum Gasteiger partial charge on any atom is 0.0849 e. The highest BCUT2D eigenvalue weighted by Gasteiger charge is 2.18. The summed E-state index contributed by atoms with van der Waals surface area (Å²) in [5.41, 5.74) is 15.0. The molecule has 234 valence electrons. The lowest BCUT2D eigenvalue weighted by Crippen LogP contribution is -2.10. The number of aryl methyl sites for hydroxylation is 2. The molecule has 1 aromatic heterocycles. The van der Waals surface area contributed by atoms with Crippen molar-refractivity contribution in [2.24, 2.45) is 9.98 Å². The fourth-order valence-corrected chi connectivity index (χ4v) is 5.70. The molecule has 0 aliphatic heterocycles. The topological polar surface area (TPSA) is 37.6 Å². The molecule has 0 aliphatic carbocycles. The first kappa shape index (κ1) is 32.8. The molecular weight excluding hydrogens is 558 g/mol. The summed E-state index contributed by atoms with van der Waals surface area (Å²) in [6, 6.07) is 36.7. The van der Waals surface area contributed by atoms with Crippen LogP contribution in [0, 0.1) is 13.8 Å². The van der Waals surface area contributed by atoms with Gasteiger partial charge in [-0.3, -0.25) is 9.98 Å². The standard InChI is InChI=1S/C43H47N3/c1-28-14-11-15-29(2)40(28)44-30(3)38-18-13-19-39(46-38)31(4)45-41-36(32-20-24-34(25-21-32)42(5,6)7)16-12-17-37(41)33-22-26-35(27-23-33)43(8,9)10/h11-27H,1-10H3/b44-30+,45-31+. The van der Waals surface area contributed by atoms with Crippen LogP contribution in [0.25, 0.3) is 22.3 Å². The van der Waals surface area contributed by atoms with E-state index in [1.54, 1.807) is 0 Å². The third-order valence-corrected chi connectivity index (χ3v) is 8.65. The summed E-state index contributed by atoms with van der Waals surface area (Å²) in [6.07, 6.45) is 0. The first-order valence-electron chi connectivity index (χ1n) is 16.2. The molecule has 3 heteroatoms. The van der Waals surface area contributed by atoms with Gasteiger partial charge in [0.05, 0.1) is 34.2 Å². The van der Waals surface area contributed by atoms with Crippen LogP contribution in [0.3, 0.4) is 0 Å². The lowest BCUT2D eigenvalue weighted by Gasteiger charge is -2.20. The molecule has 5 aromatic rings. The highest BCUT2D eigenvalue weighted by atomic mass is 14.8. The third kappa shape index (κ3) is 7.26. The molecule has 0 unspecified atom stereocenters. The van der Waals surface area contributed by atoms with Crippen molar-refractivity contribution >= 4 is 22.8 Å². The summed E-state index contributed by atoms with van der Waals surface area (Å²) in [5.74, 6) is 0. The molecular formula is C43H47N3. The predicted octanol–water partition coefficient (Wildman–Crippen LogP) is 11.9. The quantitative estimate of drug-likeness (QED) is 0.177. The second kappa shape index (κ2) is 13.0. The minimum atomic E-state index is 0.0861. The van der Waals surface area contributed by atoms with Crippen LogP contribution in [-0.4, -0.2) is 16.4 Å². The molecule has 1 heterocycles. The van der Waals surface area contributed by atoms with Crippen molar-refractivity contribution in [3.8, 4) is 22.3 Å². The minimum Gasteiger partial charge on any atom is -0.251 e. The predicted molar refractivity (Wildman–Crippen MR) is 199 cm³/mol. The van der Waals surface area contributed by atoms with Crippen molar-refractivity contribution in [1.82, 2.24) is 4.98 Å². The van der Waals surface area contributed by atoms with E-state index >= 15 is 0 Å². The summed E-state index contributed by atoms with van der Waals surface area (Å²) in [5, 5.41) is 0. The van der Waals surface area contributed by atoms with Crippen LogP contribution in [0.15, 0.2) is 113 Å². The average molecular weight is 606 g/mol. The van der Waals surface area contributed by atoms with Crippen LogP contribution in [0.2, 0.25) is 0 Å². The van der Waals surface area contributed by atoms with Crippen molar-refractivity contribution in [2.45, 2.75) is 80.1 Å². The zero-order chi connectivity index (χ0) is 33.2. The van der Waals surface area contributed by atoms with E-state index < -0.39 is 0 Å². The number of hydrogen-bond donors (Lipinski definition) is 0. The first-order chi connectivity index (χ1) is 21.7. The summed E-state index contributed by atoms with van der Waals surface area (Å²) in [6.45, 7) is 21.8. The Hall–Kier alpha value is -4.63. The van der Waals surface area contributed by atoms with Crippen molar-refractivity contribution in [1.29, 1.82) is 0 Å². The molecule has 0 saturated heterocycles. The Morgan fingerprint density at radius 2 is 0.848 bits per heavy atom. The molecule has 0 saturated carbocycles. The number of rotatable bonds is 6. The third-order valence-electron chi connectivity index (χ3n) is 8.65. The van der Waals surface area contributed by atoms with Gasteiger partial charge in [-0.2, -0.15) is 0 Å². The molecule has 46 heavy (non-hydrogen) atoms.